The zero-order valence-electron chi connectivity index (χ0n) is 13.0. The van der Waals surface area contributed by atoms with E-state index in [2.05, 4.69) is 10.3 Å². The van der Waals surface area contributed by atoms with Gasteiger partial charge in [0.15, 0.2) is 5.13 Å². The van der Waals surface area contributed by atoms with Crippen LogP contribution >= 0.6 is 11.3 Å². The number of nitro benzene ring substituents is 1. The molecule has 2 aromatic carbocycles. The number of nitrogens with zero attached hydrogens (tertiary/aromatic N) is 2. The van der Waals surface area contributed by atoms with Crippen molar-refractivity contribution in [1.82, 2.24) is 4.98 Å². The molecule has 6 nitrogen and oxygen atoms in total. The fourth-order valence-corrected chi connectivity index (χ4v) is 3.30. The Balaban J connectivity index is 2.09. The van der Waals surface area contributed by atoms with Crippen molar-refractivity contribution in [2.75, 3.05) is 5.32 Å². The van der Waals surface area contributed by atoms with E-state index in [4.69, 9.17) is 0 Å². The predicted molar refractivity (Wildman–Crippen MR) is 93.9 cm³/mol. The molecule has 0 aliphatic heterocycles. The monoisotopic (exact) mass is 357 g/mol. The first-order chi connectivity index (χ1) is 11.9. The molecule has 3 rings (SSSR count). The third kappa shape index (κ3) is 3.69. The highest BCUT2D eigenvalue weighted by molar-refractivity contribution is 7.19. The summed E-state index contributed by atoms with van der Waals surface area (Å²) < 4.78 is 13.2. The predicted octanol–water partition coefficient (Wildman–Crippen LogP) is 4.48. The largest absolute Gasteiger partial charge is 0.302 e. The summed E-state index contributed by atoms with van der Waals surface area (Å²) in [6, 6.07) is 11.9. The first-order valence-corrected chi connectivity index (χ1v) is 8.05. The van der Waals surface area contributed by atoms with Crippen molar-refractivity contribution in [3.05, 3.63) is 64.5 Å². The summed E-state index contributed by atoms with van der Waals surface area (Å²) in [5.41, 5.74) is 1.96. The number of anilines is 1. The van der Waals surface area contributed by atoms with Gasteiger partial charge < -0.3 is 5.32 Å². The van der Waals surface area contributed by atoms with Crippen LogP contribution < -0.4 is 5.32 Å². The summed E-state index contributed by atoms with van der Waals surface area (Å²) in [6.07, 6.45) is 0. The molecule has 0 unspecified atom stereocenters. The van der Waals surface area contributed by atoms with Gasteiger partial charge in [0.05, 0.1) is 15.5 Å². The minimum absolute atomic E-state index is 0.0151. The van der Waals surface area contributed by atoms with Crippen LogP contribution in [0.1, 0.15) is 6.92 Å². The van der Waals surface area contributed by atoms with Gasteiger partial charge in [-0.25, -0.2) is 9.37 Å². The summed E-state index contributed by atoms with van der Waals surface area (Å²) in [4.78, 5) is 26.8. The van der Waals surface area contributed by atoms with Gasteiger partial charge in [0, 0.05) is 24.6 Å². The summed E-state index contributed by atoms with van der Waals surface area (Å²) in [6.45, 7) is 1.38. The van der Waals surface area contributed by atoms with Gasteiger partial charge in [-0.15, -0.1) is 0 Å². The second-order valence-electron chi connectivity index (χ2n) is 5.19. The minimum Gasteiger partial charge on any atom is -0.302 e. The number of rotatable bonds is 4. The van der Waals surface area contributed by atoms with E-state index in [1.165, 1.54) is 42.5 Å². The Morgan fingerprint density at radius 3 is 2.28 bits per heavy atom. The second-order valence-corrected chi connectivity index (χ2v) is 6.19. The molecule has 0 radical (unpaired) electrons. The smallest absolute Gasteiger partial charge is 0.269 e. The molecule has 1 aromatic heterocycles. The standard InChI is InChI=1S/C17H12FN3O3S/c1-10(22)19-17-20-15(11-2-6-13(18)7-3-11)16(25-17)12-4-8-14(9-5-12)21(23)24/h2-9H,1H3,(H,19,20,22). The first kappa shape index (κ1) is 16.7. The molecule has 0 fully saturated rings. The average molecular weight is 357 g/mol. The number of amides is 1. The average Bonchev–Trinajstić information content (AvgIpc) is 2.98. The summed E-state index contributed by atoms with van der Waals surface area (Å²) >= 11 is 1.25. The molecule has 0 bridgehead atoms. The summed E-state index contributed by atoms with van der Waals surface area (Å²) in [5, 5.41) is 13.8. The van der Waals surface area contributed by atoms with Crippen LogP contribution in [0.15, 0.2) is 48.5 Å². The van der Waals surface area contributed by atoms with Crippen LogP contribution in [0, 0.1) is 15.9 Å². The zero-order chi connectivity index (χ0) is 18.0. The Hall–Kier alpha value is -3.13. The van der Waals surface area contributed by atoms with E-state index in [1.807, 2.05) is 0 Å². The molecule has 0 atom stereocenters. The maximum atomic E-state index is 13.2. The fraction of sp³-hybridized carbons (Fsp3) is 0.0588. The molecule has 0 aliphatic rings. The van der Waals surface area contributed by atoms with Gasteiger partial charge in [-0.1, -0.05) is 11.3 Å². The van der Waals surface area contributed by atoms with Crippen molar-refractivity contribution < 1.29 is 14.1 Å². The lowest BCUT2D eigenvalue weighted by molar-refractivity contribution is -0.384. The Bertz CT molecular complexity index is 937. The molecule has 0 saturated carbocycles. The van der Waals surface area contributed by atoms with E-state index in [-0.39, 0.29) is 17.4 Å². The molecule has 0 spiro atoms. The van der Waals surface area contributed by atoms with E-state index in [1.54, 1.807) is 24.3 Å². The molecule has 1 amide bonds. The molecule has 3 aromatic rings. The Morgan fingerprint density at radius 1 is 1.12 bits per heavy atom. The number of carbonyl (C=O) groups is 1. The molecular weight excluding hydrogens is 345 g/mol. The first-order valence-electron chi connectivity index (χ1n) is 7.23. The molecule has 126 valence electrons. The summed E-state index contributed by atoms with van der Waals surface area (Å²) in [7, 11) is 0. The van der Waals surface area contributed by atoms with Gasteiger partial charge in [-0.2, -0.15) is 0 Å². The van der Waals surface area contributed by atoms with Crippen molar-refractivity contribution in [1.29, 1.82) is 0 Å². The maximum absolute atomic E-state index is 13.2. The van der Waals surface area contributed by atoms with Crippen molar-refractivity contribution in [3.8, 4) is 21.7 Å². The number of hydrogen-bond acceptors (Lipinski definition) is 5. The third-order valence-electron chi connectivity index (χ3n) is 3.37. The van der Waals surface area contributed by atoms with Gasteiger partial charge in [-0.05, 0) is 42.0 Å². The molecule has 1 N–H and O–H groups in total. The highest BCUT2D eigenvalue weighted by atomic mass is 32.1. The van der Waals surface area contributed by atoms with Crippen LogP contribution in [-0.4, -0.2) is 15.8 Å². The van der Waals surface area contributed by atoms with Gasteiger partial charge >= 0.3 is 0 Å². The van der Waals surface area contributed by atoms with Crippen LogP contribution in [0.4, 0.5) is 15.2 Å². The fourth-order valence-electron chi connectivity index (χ4n) is 2.26. The number of hydrogen-bond donors (Lipinski definition) is 1. The van der Waals surface area contributed by atoms with Crippen LogP contribution in [0.2, 0.25) is 0 Å². The normalized spacial score (nSPS) is 10.5. The zero-order valence-corrected chi connectivity index (χ0v) is 13.8. The molecule has 0 saturated heterocycles. The number of non-ortho nitro benzene ring substituents is 1. The quantitative estimate of drug-likeness (QED) is 0.551. The van der Waals surface area contributed by atoms with Crippen LogP contribution in [0.3, 0.4) is 0 Å². The van der Waals surface area contributed by atoms with Crippen molar-refractivity contribution in [3.63, 3.8) is 0 Å². The van der Waals surface area contributed by atoms with Gasteiger partial charge in [0.25, 0.3) is 5.69 Å². The van der Waals surface area contributed by atoms with Gasteiger partial charge in [0.1, 0.15) is 5.82 Å². The number of carbonyl (C=O) groups excluding carboxylic acids is 1. The number of thiazole rings is 1. The maximum Gasteiger partial charge on any atom is 0.269 e. The topological polar surface area (TPSA) is 85.1 Å². The second kappa shape index (κ2) is 6.78. The minimum atomic E-state index is -0.472. The molecular formula is C17H12FN3O3S. The van der Waals surface area contributed by atoms with Crippen molar-refractivity contribution >= 4 is 28.1 Å². The lowest BCUT2D eigenvalue weighted by Crippen LogP contribution is -2.04. The molecule has 8 heteroatoms. The SMILES string of the molecule is CC(=O)Nc1nc(-c2ccc(F)cc2)c(-c2ccc([N+](=O)[O-])cc2)s1. The number of benzene rings is 2. The van der Waals surface area contributed by atoms with Crippen molar-refractivity contribution in [2.24, 2.45) is 0 Å². The number of halogens is 1. The lowest BCUT2D eigenvalue weighted by Gasteiger charge is -2.03. The van der Waals surface area contributed by atoms with Crippen LogP contribution in [0.25, 0.3) is 21.7 Å². The van der Waals surface area contributed by atoms with Crippen molar-refractivity contribution in [2.45, 2.75) is 6.92 Å². The number of nitro groups is 1. The number of aromatic nitrogens is 1. The number of nitrogens with one attached hydrogen (secondary N) is 1. The Kier molecular flexibility index (Phi) is 4.53. The van der Waals surface area contributed by atoms with E-state index in [0.29, 0.717) is 16.4 Å². The van der Waals surface area contributed by atoms with E-state index < -0.39 is 4.92 Å². The van der Waals surface area contributed by atoms with E-state index in [0.717, 1.165) is 10.4 Å². The van der Waals surface area contributed by atoms with E-state index >= 15 is 0 Å². The van der Waals surface area contributed by atoms with Crippen LogP contribution in [0.5, 0.6) is 0 Å². The van der Waals surface area contributed by atoms with Gasteiger partial charge in [-0.3, -0.25) is 14.9 Å². The molecule has 1 heterocycles. The third-order valence-corrected chi connectivity index (χ3v) is 4.39. The Labute approximate surface area is 146 Å². The Morgan fingerprint density at radius 2 is 1.72 bits per heavy atom. The molecule has 25 heavy (non-hydrogen) atoms. The van der Waals surface area contributed by atoms with E-state index in [9.17, 15) is 19.3 Å². The highest BCUT2D eigenvalue weighted by Gasteiger charge is 2.17. The molecule has 0 aliphatic carbocycles. The van der Waals surface area contributed by atoms with Gasteiger partial charge in [0.2, 0.25) is 5.91 Å². The highest BCUT2D eigenvalue weighted by Crippen LogP contribution is 2.39. The summed E-state index contributed by atoms with van der Waals surface area (Å²) in [5.74, 6) is -0.618. The lowest BCUT2D eigenvalue weighted by atomic mass is 10.1. The van der Waals surface area contributed by atoms with Crippen LogP contribution in [-0.2, 0) is 4.79 Å².